The van der Waals surface area contributed by atoms with Crippen LogP contribution in [0.15, 0.2) is 36.7 Å². The third-order valence-corrected chi connectivity index (χ3v) is 3.17. The number of aliphatic hydroxyl groups excluding tert-OH is 1. The first kappa shape index (κ1) is 13.0. The Morgan fingerprint density at radius 1 is 1.28 bits per heavy atom. The highest BCUT2D eigenvalue weighted by Crippen LogP contribution is 2.28. The van der Waals surface area contributed by atoms with Gasteiger partial charge in [-0.05, 0) is 30.4 Å². The largest absolute Gasteiger partial charge is 0.386 e. The van der Waals surface area contributed by atoms with Crippen LogP contribution in [0.4, 0.5) is 0 Å². The second-order valence-corrected chi connectivity index (χ2v) is 4.29. The number of nitrogens with zero attached hydrogens (tertiary/aromatic N) is 1. The first-order chi connectivity index (χ1) is 8.77. The van der Waals surface area contributed by atoms with Crippen LogP contribution in [-0.4, -0.2) is 22.8 Å². The Bertz CT molecular complexity index is 507. The highest BCUT2D eigenvalue weighted by atomic mass is 16.5. The highest BCUT2D eigenvalue weighted by Gasteiger charge is 2.21. The molecule has 0 aliphatic carbocycles. The van der Waals surface area contributed by atoms with E-state index in [1.807, 2.05) is 38.1 Å². The van der Waals surface area contributed by atoms with E-state index in [1.54, 1.807) is 12.4 Å². The van der Waals surface area contributed by atoms with Gasteiger partial charge in [-0.2, -0.15) is 0 Å². The normalized spacial score (nSPS) is 14.6. The van der Waals surface area contributed by atoms with Gasteiger partial charge in [0.25, 0.3) is 0 Å². The standard InChI is InChI=1S/C15H19NO2/c1-3-14(18-4-2)15(17)12-7-5-6-11-8-9-16-10-13(11)12/h5-10,14-15,17H,3-4H2,1-2H3. The Morgan fingerprint density at radius 2 is 2.11 bits per heavy atom. The van der Waals surface area contributed by atoms with Crippen LogP contribution < -0.4 is 0 Å². The average Bonchev–Trinajstić information content (AvgIpc) is 2.43. The molecule has 1 heterocycles. The van der Waals surface area contributed by atoms with Gasteiger partial charge in [-0.25, -0.2) is 0 Å². The lowest BCUT2D eigenvalue weighted by atomic mass is 9.97. The highest BCUT2D eigenvalue weighted by molar-refractivity contribution is 5.85. The summed E-state index contributed by atoms with van der Waals surface area (Å²) < 4.78 is 5.59. The van der Waals surface area contributed by atoms with E-state index in [9.17, 15) is 5.11 Å². The molecule has 2 rings (SSSR count). The molecule has 0 saturated heterocycles. The molecule has 0 aliphatic heterocycles. The molecule has 0 aliphatic rings. The molecular weight excluding hydrogens is 226 g/mol. The lowest BCUT2D eigenvalue weighted by Crippen LogP contribution is -2.21. The Kier molecular flexibility index (Phi) is 4.28. The molecule has 3 heteroatoms. The van der Waals surface area contributed by atoms with Crippen LogP contribution in [0, 0.1) is 0 Å². The predicted molar refractivity (Wildman–Crippen MR) is 72.4 cm³/mol. The van der Waals surface area contributed by atoms with Gasteiger partial charge in [0.1, 0.15) is 6.10 Å². The minimum atomic E-state index is -0.608. The lowest BCUT2D eigenvalue weighted by Gasteiger charge is -2.22. The van der Waals surface area contributed by atoms with E-state index in [0.29, 0.717) is 6.61 Å². The number of rotatable bonds is 5. The van der Waals surface area contributed by atoms with Crippen molar-refractivity contribution in [3.05, 3.63) is 42.2 Å². The number of hydrogen-bond acceptors (Lipinski definition) is 3. The maximum atomic E-state index is 10.5. The fourth-order valence-corrected chi connectivity index (χ4v) is 2.24. The van der Waals surface area contributed by atoms with Crippen LogP contribution in [0.5, 0.6) is 0 Å². The summed E-state index contributed by atoms with van der Waals surface area (Å²) in [4.78, 5) is 4.14. The summed E-state index contributed by atoms with van der Waals surface area (Å²) in [6.07, 6.45) is 3.57. The van der Waals surface area contributed by atoms with E-state index < -0.39 is 6.10 Å². The molecule has 0 bridgehead atoms. The maximum Gasteiger partial charge on any atom is 0.106 e. The van der Waals surface area contributed by atoms with Gasteiger partial charge in [0, 0.05) is 24.4 Å². The number of aromatic nitrogens is 1. The van der Waals surface area contributed by atoms with E-state index in [-0.39, 0.29) is 6.10 Å². The van der Waals surface area contributed by atoms with Crippen molar-refractivity contribution in [2.45, 2.75) is 32.5 Å². The van der Waals surface area contributed by atoms with Crippen molar-refractivity contribution in [2.75, 3.05) is 6.61 Å². The number of aliphatic hydroxyl groups is 1. The Balaban J connectivity index is 2.40. The second kappa shape index (κ2) is 5.94. The summed E-state index contributed by atoms with van der Waals surface area (Å²) in [6, 6.07) is 7.87. The summed E-state index contributed by atoms with van der Waals surface area (Å²) in [7, 11) is 0. The van der Waals surface area contributed by atoms with Crippen molar-refractivity contribution < 1.29 is 9.84 Å². The molecule has 2 aromatic rings. The number of ether oxygens (including phenoxy) is 1. The minimum absolute atomic E-state index is 0.166. The van der Waals surface area contributed by atoms with Crippen molar-refractivity contribution in [2.24, 2.45) is 0 Å². The Morgan fingerprint density at radius 3 is 2.83 bits per heavy atom. The summed E-state index contributed by atoms with van der Waals surface area (Å²) in [5.74, 6) is 0. The zero-order chi connectivity index (χ0) is 13.0. The molecule has 96 valence electrons. The van der Waals surface area contributed by atoms with Gasteiger partial charge >= 0.3 is 0 Å². The SMILES string of the molecule is CCOC(CC)C(O)c1cccc2ccncc12. The van der Waals surface area contributed by atoms with Crippen LogP contribution in [0.25, 0.3) is 10.8 Å². The summed E-state index contributed by atoms with van der Waals surface area (Å²) in [5.41, 5.74) is 0.890. The quantitative estimate of drug-likeness (QED) is 0.880. The van der Waals surface area contributed by atoms with E-state index in [2.05, 4.69) is 4.98 Å². The van der Waals surface area contributed by atoms with Crippen LogP contribution in [0.1, 0.15) is 31.9 Å². The third kappa shape index (κ3) is 2.52. The van der Waals surface area contributed by atoms with E-state index >= 15 is 0 Å². The first-order valence-electron chi connectivity index (χ1n) is 6.40. The maximum absolute atomic E-state index is 10.5. The molecule has 0 amide bonds. The second-order valence-electron chi connectivity index (χ2n) is 4.29. The number of hydrogen-bond donors (Lipinski definition) is 1. The summed E-state index contributed by atoms with van der Waals surface area (Å²) >= 11 is 0. The molecule has 18 heavy (non-hydrogen) atoms. The average molecular weight is 245 g/mol. The van der Waals surface area contributed by atoms with Crippen LogP contribution in [-0.2, 0) is 4.74 Å². The van der Waals surface area contributed by atoms with Gasteiger partial charge in [0.2, 0.25) is 0 Å². The van der Waals surface area contributed by atoms with Crippen molar-refractivity contribution in [1.29, 1.82) is 0 Å². The van der Waals surface area contributed by atoms with Gasteiger partial charge < -0.3 is 9.84 Å². The molecule has 1 aromatic carbocycles. The lowest BCUT2D eigenvalue weighted by molar-refractivity contribution is -0.0349. The van der Waals surface area contributed by atoms with Crippen LogP contribution >= 0.6 is 0 Å². The molecule has 2 unspecified atom stereocenters. The first-order valence-corrected chi connectivity index (χ1v) is 6.40. The minimum Gasteiger partial charge on any atom is -0.386 e. The van der Waals surface area contributed by atoms with Gasteiger partial charge in [-0.1, -0.05) is 25.1 Å². The Hall–Kier alpha value is -1.45. The van der Waals surface area contributed by atoms with E-state index in [4.69, 9.17) is 4.74 Å². The Labute approximate surface area is 107 Å². The van der Waals surface area contributed by atoms with Crippen molar-refractivity contribution in [1.82, 2.24) is 4.98 Å². The van der Waals surface area contributed by atoms with Crippen LogP contribution in [0.2, 0.25) is 0 Å². The third-order valence-electron chi connectivity index (χ3n) is 3.17. The molecule has 1 aromatic heterocycles. The van der Waals surface area contributed by atoms with Crippen molar-refractivity contribution in [3.63, 3.8) is 0 Å². The molecular formula is C15H19NO2. The fourth-order valence-electron chi connectivity index (χ4n) is 2.24. The zero-order valence-electron chi connectivity index (χ0n) is 10.8. The zero-order valence-corrected chi connectivity index (χ0v) is 10.8. The molecule has 3 nitrogen and oxygen atoms in total. The fraction of sp³-hybridized carbons (Fsp3) is 0.400. The van der Waals surface area contributed by atoms with Gasteiger partial charge in [0.05, 0.1) is 6.10 Å². The topological polar surface area (TPSA) is 42.4 Å². The smallest absolute Gasteiger partial charge is 0.106 e. The number of fused-ring (bicyclic) bond motifs is 1. The summed E-state index contributed by atoms with van der Waals surface area (Å²) in [6.45, 7) is 4.57. The van der Waals surface area contributed by atoms with Crippen molar-refractivity contribution >= 4 is 10.8 Å². The molecule has 1 N–H and O–H groups in total. The van der Waals surface area contributed by atoms with Gasteiger partial charge in [-0.15, -0.1) is 0 Å². The molecule has 0 saturated carbocycles. The number of benzene rings is 1. The molecule has 0 fully saturated rings. The van der Waals surface area contributed by atoms with Gasteiger partial charge in [-0.3, -0.25) is 4.98 Å². The molecule has 0 radical (unpaired) electrons. The van der Waals surface area contributed by atoms with Crippen molar-refractivity contribution in [3.8, 4) is 0 Å². The summed E-state index contributed by atoms with van der Waals surface area (Å²) in [5, 5.41) is 12.5. The predicted octanol–water partition coefficient (Wildman–Crippen LogP) is 3.08. The van der Waals surface area contributed by atoms with E-state index in [1.165, 1.54) is 0 Å². The van der Waals surface area contributed by atoms with Crippen LogP contribution in [0.3, 0.4) is 0 Å². The van der Waals surface area contributed by atoms with Gasteiger partial charge in [0.15, 0.2) is 0 Å². The monoisotopic (exact) mass is 245 g/mol. The number of pyridine rings is 1. The molecule has 2 atom stereocenters. The molecule has 0 spiro atoms. The van der Waals surface area contributed by atoms with E-state index in [0.717, 1.165) is 22.8 Å².